The smallest absolute Gasteiger partial charge is 0.236 e. The summed E-state index contributed by atoms with van der Waals surface area (Å²) in [7, 11) is 0. The first-order valence-corrected chi connectivity index (χ1v) is 8.13. The molecule has 1 amide bonds. The van der Waals surface area contributed by atoms with E-state index in [0.717, 1.165) is 34.8 Å². The van der Waals surface area contributed by atoms with Crippen LogP contribution in [0.3, 0.4) is 0 Å². The summed E-state index contributed by atoms with van der Waals surface area (Å²) in [6.07, 6.45) is 7.33. The van der Waals surface area contributed by atoms with Crippen molar-refractivity contribution < 1.29 is 4.79 Å². The predicted molar refractivity (Wildman–Crippen MR) is 90.2 cm³/mol. The van der Waals surface area contributed by atoms with Gasteiger partial charge >= 0.3 is 0 Å². The van der Waals surface area contributed by atoms with Crippen LogP contribution in [-0.4, -0.2) is 38.8 Å². The molecule has 1 aliphatic heterocycles. The van der Waals surface area contributed by atoms with Crippen LogP contribution in [-0.2, 0) is 4.79 Å². The zero-order valence-electron chi connectivity index (χ0n) is 13.2. The van der Waals surface area contributed by atoms with Crippen molar-refractivity contribution >= 4 is 27.8 Å². The summed E-state index contributed by atoms with van der Waals surface area (Å²) in [4.78, 5) is 25.7. The minimum Gasteiger partial charge on any atom is -0.346 e. The standard InChI is InChI=1S/C18H17N5O/c19-6-1-16(24)23-9-4-12(5-10-23)13-2-7-20-15-11-22-18-14(17(13)15)3-8-21-18/h2-3,7-8,11-12H,1,4-5,9-10H2,(H,21,22). The number of carbonyl (C=O) groups is 1. The molecule has 0 unspecified atom stereocenters. The third-order valence-corrected chi connectivity index (χ3v) is 4.84. The molecule has 3 aromatic rings. The lowest BCUT2D eigenvalue weighted by Gasteiger charge is -2.32. The zero-order valence-corrected chi connectivity index (χ0v) is 13.2. The van der Waals surface area contributed by atoms with E-state index in [1.807, 2.05) is 30.7 Å². The maximum atomic E-state index is 11.9. The quantitative estimate of drug-likeness (QED) is 0.787. The van der Waals surface area contributed by atoms with Crippen molar-refractivity contribution in [2.75, 3.05) is 13.1 Å². The molecule has 6 nitrogen and oxygen atoms in total. The predicted octanol–water partition coefficient (Wildman–Crippen LogP) is 2.73. The Hall–Kier alpha value is -2.94. The molecule has 0 saturated carbocycles. The van der Waals surface area contributed by atoms with E-state index < -0.39 is 0 Å². The fourth-order valence-corrected chi connectivity index (χ4v) is 3.64. The molecule has 24 heavy (non-hydrogen) atoms. The van der Waals surface area contributed by atoms with Crippen molar-refractivity contribution in [3.05, 3.63) is 36.3 Å². The molecule has 120 valence electrons. The minimum absolute atomic E-state index is 0.0293. The number of rotatable bonds is 2. The Labute approximate surface area is 139 Å². The Morgan fingerprint density at radius 2 is 2.17 bits per heavy atom. The van der Waals surface area contributed by atoms with Crippen LogP contribution in [0.15, 0.2) is 30.7 Å². The van der Waals surface area contributed by atoms with Crippen LogP contribution in [0.1, 0.15) is 30.7 Å². The molecular weight excluding hydrogens is 302 g/mol. The molecule has 0 aromatic carbocycles. The van der Waals surface area contributed by atoms with Crippen molar-refractivity contribution in [1.82, 2.24) is 19.9 Å². The number of aromatic amines is 1. The van der Waals surface area contributed by atoms with Gasteiger partial charge in [0.1, 0.15) is 12.1 Å². The molecule has 6 heteroatoms. The number of hydrogen-bond donors (Lipinski definition) is 1. The molecule has 0 bridgehead atoms. The van der Waals surface area contributed by atoms with Crippen LogP contribution in [0, 0.1) is 11.3 Å². The highest BCUT2D eigenvalue weighted by atomic mass is 16.2. The largest absolute Gasteiger partial charge is 0.346 e. The molecule has 0 atom stereocenters. The number of carbonyl (C=O) groups excluding carboxylic acids is 1. The van der Waals surface area contributed by atoms with Gasteiger partial charge in [-0.3, -0.25) is 9.78 Å². The van der Waals surface area contributed by atoms with Crippen LogP contribution in [0.25, 0.3) is 21.9 Å². The first kappa shape index (κ1) is 14.6. The fourth-order valence-electron chi connectivity index (χ4n) is 3.64. The van der Waals surface area contributed by atoms with E-state index in [1.54, 1.807) is 4.90 Å². The van der Waals surface area contributed by atoms with Gasteiger partial charge in [-0.05, 0) is 36.5 Å². The molecule has 0 radical (unpaired) electrons. The van der Waals surface area contributed by atoms with Crippen LogP contribution >= 0.6 is 0 Å². The molecule has 0 spiro atoms. The normalized spacial score (nSPS) is 15.7. The van der Waals surface area contributed by atoms with E-state index in [9.17, 15) is 4.79 Å². The monoisotopic (exact) mass is 319 g/mol. The number of fused-ring (bicyclic) bond motifs is 3. The second-order valence-corrected chi connectivity index (χ2v) is 6.15. The van der Waals surface area contributed by atoms with Gasteiger partial charge in [-0.15, -0.1) is 0 Å². The SMILES string of the molecule is N#CCC(=O)N1CCC(c2ccnc3cnc4[nH]ccc4c23)CC1. The van der Waals surface area contributed by atoms with Crippen molar-refractivity contribution in [2.45, 2.75) is 25.2 Å². The number of piperidine rings is 1. The van der Waals surface area contributed by atoms with E-state index in [-0.39, 0.29) is 12.3 Å². The van der Waals surface area contributed by atoms with Crippen LogP contribution in [0.2, 0.25) is 0 Å². The molecule has 1 N–H and O–H groups in total. The number of likely N-dealkylation sites (tertiary alicyclic amines) is 1. The number of H-pyrrole nitrogens is 1. The Morgan fingerprint density at radius 3 is 2.96 bits per heavy atom. The third-order valence-electron chi connectivity index (χ3n) is 4.84. The number of nitrogens with one attached hydrogen (secondary N) is 1. The number of nitrogens with zero attached hydrogens (tertiary/aromatic N) is 4. The molecule has 4 heterocycles. The number of pyridine rings is 2. The summed E-state index contributed by atoms with van der Waals surface area (Å²) in [6, 6.07) is 6.07. The van der Waals surface area contributed by atoms with Crippen LogP contribution in [0.4, 0.5) is 0 Å². The summed E-state index contributed by atoms with van der Waals surface area (Å²) in [5.41, 5.74) is 3.06. The lowest BCUT2D eigenvalue weighted by molar-refractivity contribution is -0.131. The second kappa shape index (κ2) is 5.93. The summed E-state index contributed by atoms with van der Waals surface area (Å²) in [5.74, 6) is 0.329. The van der Waals surface area contributed by atoms with Crippen LogP contribution in [0.5, 0.6) is 0 Å². The highest BCUT2D eigenvalue weighted by Crippen LogP contribution is 2.35. The van der Waals surface area contributed by atoms with Gasteiger partial charge < -0.3 is 9.88 Å². The number of aromatic nitrogens is 3. The van der Waals surface area contributed by atoms with Gasteiger partial charge in [0, 0.05) is 36.3 Å². The van der Waals surface area contributed by atoms with Crippen molar-refractivity contribution in [1.29, 1.82) is 5.26 Å². The van der Waals surface area contributed by atoms with Crippen molar-refractivity contribution in [2.24, 2.45) is 0 Å². The Balaban J connectivity index is 1.67. The lowest BCUT2D eigenvalue weighted by Crippen LogP contribution is -2.37. The molecule has 1 aliphatic rings. The van der Waals surface area contributed by atoms with Crippen molar-refractivity contribution in [3.8, 4) is 6.07 Å². The third kappa shape index (κ3) is 2.38. The molecule has 0 aliphatic carbocycles. The molecule has 4 rings (SSSR count). The summed E-state index contributed by atoms with van der Waals surface area (Å²) >= 11 is 0. The Kier molecular flexibility index (Phi) is 3.62. The van der Waals surface area contributed by atoms with E-state index in [2.05, 4.69) is 21.0 Å². The van der Waals surface area contributed by atoms with E-state index in [4.69, 9.17) is 5.26 Å². The molecule has 1 saturated heterocycles. The van der Waals surface area contributed by atoms with E-state index in [0.29, 0.717) is 19.0 Å². The Bertz CT molecular complexity index is 947. The van der Waals surface area contributed by atoms with Gasteiger partial charge in [0.25, 0.3) is 0 Å². The molecule has 1 fully saturated rings. The second-order valence-electron chi connectivity index (χ2n) is 6.15. The maximum Gasteiger partial charge on any atom is 0.236 e. The van der Waals surface area contributed by atoms with Gasteiger partial charge in [0.15, 0.2) is 0 Å². The maximum absolute atomic E-state index is 11.9. The fraction of sp³-hybridized carbons (Fsp3) is 0.333. The topological polar surface area (TPSA) is 85.7 Å². The molecular formula is C18H17N5O. The first-order chi connectivity index (χ1) is 11.8. The minimum atomic E-state index is -0.0623. The van der Waals surface area contributed by atoms with Gasteiger partial charge in [-0.2, -0.15) is 5.26 Å². The molecule has 3 aromatic heterocycles. The van der Waals surface area contributed by atoms with Gasteiger partial charge in [-0.25, -0.2) is 4.98 Å². The number of nitriles is 1. The average Bonchev–Trinajstić information content (AvgIpc) is 3.10. The van der Waals surface area contributed by atoms with Gasteiger partial charge in [0.05, 0.1) is 17.8 Å². The number of amides is 1. The van der Waals surface area contributed by atoms with Crippen LogP contribution < -0.4 is 0 Å². The highest BCUT2D eigenvalue weighted by Gasteiger charge is 2.25. The van der Waals surface area contributed by atoms with Crippen molar-refractivity contribution in [3.63, 3.8) is 0 Å². The van der Waals surface area contributed by atoms with Gasteiger partial charge in [-0.1, -0.05) is 0 Å². The highest BCUT2D eigenvalue weighted by molar-refractivity contribution is 6.05. The zero-order chi connectivity index (χ0) is 16.5. The Morgan fingerprint density at radius 1 is 1.33 bits per heavy atom. The summed E-state index contributed by atoms with van der Waals surface area (Å²) in [5, 5.41) is 10.9. The van der Waals surface area contributed by atoms with Gasteiger partial charge in [0.2, 0.25) is 5.91 Å². The lowest BCUT2D eigenvalue weighted by atomic mass is 9.87. The average molecular weight is 319 g/mol. The summed E-state index contributed by atoms with van der Waals surface area (Å²) < 4.78 is 0. The van der Waals surface area contributed by atoms with E-state index >= 15 is 0 Å². The summed E-state index contributed by atoms with van der Waals surface area (Å²) in [6.45, 7) is 1.41. The van der Waals surface area contributed by atoms with E-state index in [1.165, 1.54) is 5.56 Å². The first-order valence-electron chi connectivity index (χ1n) is 8.13. The number of hydrogen-bond acceptors (Lipinski definition) is 4.